The van der Waals surface area contributed by atoms with Crippen molar-refractivity contribution in [3.8, 4) is 0 Å². The fraction of sp³-hybridized carbons (Fsp3) is 0.167. The maximum atomic E-state index is 12.6. The summed E-state index contributed by atoms with van der Waals surface area (Å²) in [5.41, 5.74) is 12.7. The van der Waals surface area contributed by atoms with Gasteiger partial charge in [0.15, 0.2) is 0 Å². The van der Waals surface area contributed by atoms with Crippen LogP contribution in [-0.4, -0.2) is 38.8 Å². The third-order valence-corrected chi connectivity index (χ3v) is 4.19. The largest absolute Gasteiger partial charge is 0.368 e. The quantitative estimate of drug-likeness (QED) is 0.770. The Labute approximate surface area is 150 Å². The first-order valence-corrected chi connectivity index (χ1v) is 8.21. The van der Waals surface area contributed by atoms with Gasteiger partial charge in [-0.3, -0.25) is 4.79 Å². The Morgan fingerprint density at radius 2 is 2.19 bits per heavy atom. The summed E-state index contributed by atoms with van der Waals surface area (Å²) in [7, 11) is 1.95. The molecule has 0 amide bonds. The van der Waals surface area contributed by atoms with Crippen molar-refractivity contribution in [1.29, 1.82) is 0 Å². The highest BCUT2D eigenvalue weighted by Crippen LogP contribution is 2.22. The molecule has 8 nitrogen and oxygen atoms in total. The molecule has 1 aromatic carbocycles. The van der Waals surface area contributed by atoms with Crippen molar-refractivity contribution < 1.29 is 4.79 Å². The lowest BCUT2D eigenvalue weighted by Gasteiger charge is -2.16. The number of nitrogens with zero attached hydrogens (tertiary/aromatic N) is 4. The van der Waals surface area contributed by atoms with E-state index >= 15 is 0 Å². The second-order valence-corrected chi connectivity index (χ2v) is 6.31. The second kappa shape index (κ2) is 6.16. The summed E-state index contributed by atoms with van der Waals surface area (Å²) in [5.74, 6) is 0.00103. The molecular weight excluding hydrogens is 330 g/mol. The summed E-state index contributed by atoms with van der Waals surface area (Å²) in [4.78, 5) is 16.8. The van der Waals surface area contributed by atoms with Crippen molar-refractivity contribution in [2.75, 3.05) is 18.1 Å². The van der Waals surface area contributed by atoms with Crippen LogP contribution in [0.5, 0.6) is 0 Å². The highest BCUT2D eigenvalue weighted by Gasteiger charge is 2.22. The van der Waals surface area contributed by atoms with Crippen LogP contribution in [0.15, 0.2) is 60.0 Å². The van der Waals surface area contributed by atoms with Crippen LogP contribution >= 0.6 is 0 Å². The fourth-order valence-electron chi connectivity index (χ4n) is 2.98. The number of hydrogen-bond donors (Lipinski definition) is 3. The molecular formula is C18H19N7O. The minimum absolute atomic E-state index is 0.0405. The lowest BCUT2D eigenvalue weighted by Crippen LogP contribution is -2.33. The van der Waals surface area contributed by atoms with Crippen molar-refractivity contribution in [2.24, 2.45) is 0 Å². The van der Waals surface area contributed by atoms with Crippen LogP contribution < -0.4 is 16.5 Å². The Morgan fingerprint density at radius 3 is 3.00 bits per heavy atom. The monoisotopic (exact) mass is 349 g/mol. The van der Waals surface area contributed by atoms with Crippen LogP contribution in [0, 0.1) is 6.92 Å². The molecule has 0 saturated carbocycles. The van der Waals surface area contributed by atoms with Crippen molar-refractivity contribution in [3.63, 3.8) is 0 Å². The Morgan fingerprint density at radius 1 is 1.35 bits per heavy atom. The van der Waals surface area contributed by atoms with Crippen LogP contribution in [0.4, 0.5) is 11.9 Å². The molecule has 2 aromatic rings. The standard InChI is InChI=1S/C18H19N7O/c1-11-4-3-5-12(8-11)16(26)25-17(19)21-18(23-25)20-14-7-6-13-10-24(2)22-15(13)9-14/h3-10,15,22H,1-2H3,(H3,19,20,21,23). The number of hydrazine groups is 1. The van der Waals surface area contributed by atoms with Gasteiger partial charge in [-0.25, -0.2) is 5.43 Å². The number of hydrogen-bond acceptors (Lipinski definition) is 7. The van der Waals surface area contributed by atoms with E-state index in [1.54, 1.807) is 12.1 Å². The van der Waals surface area contributed by atoms with Gasteiger partial charge in [-0.1, -0.05) is 23.8 Å². The fourth-order valence-corrected chi connectivity index (χ4v) is 2.98. The minimum atomic E-state index is -0.316. The molecule has 1 aromatic heterocycles. The van der Waals surface area contributed by atoms with Crippen LogP contribution in [0.3, 0.4) is 0 Å². The van der Waals surface area contributed by atoms with Gasteiger partial charge in [0.1, 0.15) is 0 Å². The molecule has 0 fully saturated rings. The molecule has 2 aliphatic rings. The van der Waals surface area contributed by atoms with Crippen molar-refractivity contribution in [1.82, 2.24) is 25.2 Å². The van der Waals surface area contributed by atoms with Gasteiger partial charge in [-0.2, -0.15) is 9.67 Å². The highest BCUT2D eigenvalue weighted by molar-refractivity contribution is 5.97. The lowest BCUT2D eigenvalue weighted by atomic mass is 10.0. The first-order chi connectivity index (χ1) is 12.5. The Bertz CT molecular complexity index is 970. The molecule has 1 atom stereocenters. The van der Waals surface area contributed by atoms with Gasteiger partial charge in [0, 0.05) is 24.5 Å². The highest BCUT2D eigenvalue weighted by atomic mass is 16.2. The van der Waals surface area contributed by atoms with Crippen molar-refractivity contribution >= 4 is 17.8 Å². The molecule has 0 bridgehead atoms. The average Bonchev–Trinajstić information content (AvgIpc) is 3.15. The lowest BCUT2D eigenvalue weighted by molar-refractivity contribution is 0.0948. The predicted octanol–water partition coefficient (Wildman–Crippen LogP) is 1.43. The molecule has 8 heteroatoms. The molecule has 2 heterocycles. The molecule has 1 unspecified atom stereocenters. The van der Waals surface area contributed by atoms with Crippen molar-refractivity contribution in [3.05, 3.63) is 71.1 Å². The SMILES string of the molecule is Cc1cccc(C(=O)n2nc(NC3=CC4NN(C)C=C4C=C3)nc2N)c1. The number of rotatable bonds is 3. The van der Waals surface area contributed by atoms with Crippen LogP contribution in [0.25, 0.3) is 0 Å². The van der Waals surface area contributed by atoms with Gasteiger partial charge in [0.25, 0.3) is 5.91 Å². The molecule has 0 saturated heterocycles. The van der Waals surface area contributed by atoms with Gasteiger partial charge in [0.05, 0.1) is 6.04 Å². The summed E-state index contributed by atoms with van der Waals surface area (Å²) in [6.07, 6.45) is 8.00. The number of anilines is 2. The summed E-state index contributed by atoms with van der Waals surface area (Å²) in [6, 6.07) is 7.36. The van der Waals surface area contributed by atoms with Gasteiger partial charge in [-0.15, -0.1) is 5.10 Å². The van der Waals surface area contributed by atoms with Crippen molar-refractivity contribution in [2.45, 2.75) is 13.0 Å². The van der Waals surface area contributed by atoms with E-state index in [9.17, 15) is 4.79 Å². The van der Waals surface area contributed by atoms with E-state index in [4.69, 9.17) is 5.73 Å². The van der Waals surface area contributed by atoms with E-state index in [-0.39, 0.29) is 23.8 Å². The molecule has 132 valence electrons. The zero-order chi connectivity index (χ0) is 18.3. The molecule has 4 N–H and O–H groups in total. The molecule has 0 radical (unpaired) electrons. The molecule has 1 aliphatic heterocycles. The molecule has 0 spiro atoms. The van der Waals surface area contributed by atoms with Gasteiger partial charge in [0.2, 0.25) is 11.9 Å². The van der Waals surface area contributed by atoms with E-state index in [1.807, 2.05) is 55.5 Å². The van der Waals surface area contributed by atoms with Crippen LogP contribution in [-0.2, 0) is 0 Å². The Kier molecular flexibility index (Phi) is 3.81. The normalized spacial score (nSPS) is 18.4. The number of aryl methyl sites for hydroxylation is 1. The average molecular weight is 349 g/mol. The number of carbonyl (C=O) groups excluding carboxylic acids is 1. The Hall–Kier alpha value is -3.39. The Balaban J connectivity index is 1.54. The zero-order valence-corrected chi connectivity index (χ0v) is 14.5. The van der Waals surface area contributed by atoms with E-state index in [0.29, 0.717) is 5.56 Å². The maximum Gasteiger partial charge on any atom is 0.281 e. The third-order valence-electron chi connectivity index (χ3n) is 4.19. The van der Waals surface area contributed by atoms with Gasteiger partial charge in [-0.05, 0) is 36.8 Å². The first-order valence-electron chi connectivity index (χ1n) is 8.21. The predicted molar refractivity (Wildman–Crippen MR) is 99.0 cm³/mol. The van der Waals surface area contributed by atoms with E-state index in [0.717, 1.165) is 15.9 Å². The summed E-state index contributed by atoms with van der Waals surface area (Å²) < 4.78 is 1.11. The van der Waals surface area contributed by atoms with Crippen LogP contribution in [0.2, 0.25) is 0 Å². The maximum absolute atomic E-state index is 12.6. The number of fused-ring (bicyclic) bond motifs is 1. The number of allylic oxidation sites excluding steroid dienone is 1. The van der Waals surface area contributed by atoms with E-state index < -0.39 is 0 Å². The molecule has 26 heavy (non-hydrogen) atoms. The summed E-state index contributed by atoms with van der Waals surface area (Å²) in [6.45, 7) is 1.92. The number of nitrogens with one attached hydrogen (secondary N) is 2. The second-order valence-electron chi connectivity index (χ2n) is 6.31. The smallest absolute Gasteiger partial charge is 0.281 e. The zero-order valence-electron chi connectivity index (χ0n) is 14.5. The van der Waals surface area contributed by atoms with Gasteiger partial charge < -0.3 is 16.1 Å². The number of nitrogen functional groups attached to an aromatic ring is 1. The summed E-state index contributed by atoms with van der Waals surface area (Å²) >= 11 is 0. The first kappa shape index (κ1) is 16.1. The number of carbonyl (C=O) groups is 1. The number of benzene rings is 1. The third kappa shape index (κ3) is 2.98. The van der Waals surface area contributed by atoms with Crippen LogP contribution in [0.1, 0.15) is 15.9 Å². The minimum Gasteiger partial charge on any atom is -0.368 e. The summed E-state index contributed by atoms with van der Waals surface area (Å²) in [5, 5.41) is 9.22. The molecule has 4 rings (SSSR count). The molecule has 1 aliphatic carbocycles. The number of nitrogens with two attached hydrogens (primary N) is 1. The topological polar surface area (TPSA) is 101 Å². The van der Waals surface area contributed by atoms with E-state index in [2.05, 4.69) is 20.8 Å². The number of aromatic nitrogens is 3. The van der Waals surface area contributed by atoms with E-state index in [1.165, 1.54) is 5.57 Å². The van der Waals surface area contributed by atoms with Gasteiger partial charge >= 0.3 is 0 Å².